The number of benzene rings is 1. The summed E-state index contributed by atoms with van der Waals surface area (Å²) in [4.78, 5) is 10.3. The van der Waals surface area contributed by atoms with Crippen molar-refractivity contribution >= 4 is 23.1 Å². The Labute approximate surface area is 122 Å². The molecular weight excluding hydrogens is 278 g/mol. The number of halogens is 1. The van der Waals surface area contributed by atoms with Crippen LogP contribution in [-0.4, -0.2) is 30.2 Å². The zero-order valence-corrected chi connectivity index (χ0v) is 11.8. The minimum absolute atomic E-state index is 0.306. The predicted molar refractivity (Wildman–Crippen MR) is 77.2 cm³/mol. The Hall–Kier alpha value is -2.01. The van der Waals surface area contributed by atoms with Gasteiger partial charge in [0, 0.05) is 6.54 Å². The highest BCUT2D eigenvalue weighted by Crippen LogP contribution is 2.40. The maximum absolute atomic E-state index is 6.08. The van der Waals surface area contributed by atoms with Crippen LogP contribution in [-0.2, 0) is 0 Å². The Morgan fingerprint density at radius 2 is 2.15 bits per heavy atom. The SMILES string of the molecule is COc1c(Cl)ncnc1N1CCCOc2ccccc21. The number of fused-ring (bicyclic) bond motifs is 1. The molecule has 0 aliphatic carbocycles. The molecule has 2 heterocycles. The van der Waals surface area contributed by atoms with Gasteiger partial charge in [-0.05, 0) is 18.6 Å². The summed E-state index contributed by atoms with van der Waals surface area (Å²) < 4.78 is 11.1. The lowest BCUT2D eigenvalue weighted by Gasteiger charge is -2.24. The lowest BCUT2D eigenvalue weighted by Crippen LogP contribution is -2.20. The van der Waals surface area contributed by atoms with Gasteiger partial charge in [-0.3, -0.25) is 0 Å². The van der Waals surface area contributed by atoms with Gasteiger partial charge >= 0.3 is 0 Å². The molecule has 1 aliphatic heterocycles. The molecule has 0 fully saturated rings. The molecule has 0 atom stereocenters. The van der Waals surface area contributed by atoms with Crippen molar-refractivity contribution in [2.24, 2.45) is 0 Å². The summed E-state index contributed by atoms with van der Waals surface area (Å²) in [5.74, 6) is 1.97. The minimum atomic E-state index is 0.306. The topological polar surface area (TPSA) is 47.5 Å². The average Bonchev–Trinajstić information content (AvgIpc) is 2.69. The van der Waals surface area contributed by atoms with Crippen LogP contribution in [0.5, 0.6) is 11.5 Å². The first-order valence-electron chi connectivity index (χ1n) is 6.35. The van der Waals surface area contributed by atoms with E-state index in [1.54, 1.807) is 7.11 Å². The van der Waals surface area contributed by atoms with E-state index in [1.807, 2.05) is 24.3 Å². The van der Waals surface area contributed by atoms with E-state index in [1.165, 1.54) is 6.33 Å². The number of hydrogen-bond donors (Lipinski definition) is 0. The van der Waals surface area contributed by atoms with E-state index in [2.05, 4.69) is 14.9 Å². The van der Waals surface area contributed by atoms with Crippen molar-refractivity contribution in [1.29, 1.82) is 0 Å². The molecule has 20 heavy (non-hydrogen) atoms. The van der Waals surface area contributed by atoms with Crippen LogP contribution in [0, 0.1) is 0 Å². The van der Waals surface area contributed by atoms with Gasteiger partial charge in [-0.15, -0.1) is 0 Å². The number of ether oxygens (including phenoxy) is 2. The van der Waals surface area contributed by atoms with Gasteiger partial charge in [0.15, 0.2) is 16.7 Å². The Morgan fingerprint density at radius 3 is 3.00 bits per heavy atom. The zero-order chi connectivity index (χ0) is 13.9. The summed E-state index contributed by atoms with van der Waals surface area (Å²) in [5.41, 5.74) is 0.957. The molecule has 0 radical (unpaired) electrons. The molecule has 1 aromatic carbocycles. The fourth-order valence-electron chi connectivity index (χ4n) is 2.26. The summed E-state index contributed by atoms with van der Waals surface area (Å²) in [6, 6.07) is 7.86. The van der Waals surface area contributed by atoms with Crippen molar-refractivity contribution in [3.63, 3.8) is 0 Å². The maximum Gasteiger partial charge on any atom is 0.199 e. The minimum Gasteiger partial charge on any atom is -0.491 e. The van der Waals surface area contributed by atoms with Gasteiger partial charge in [-0.25, -0.2) is 9.97 Å². The highest BCUT2D eigenvalue weighted by Gasteiger charge is 2.23. The van der Waals surface area contributed by atoms with Gasteiger partial charge in [-0.1, -0.05) is 23.7 Å². The van der Waals surface area contributed by atoms with Crippen molar-refractivity contribution < 1.29 is 9.47 Å². The van der Waals surface area contributed by atoms with Crippen LogP contribution in [0.1, 0.15) is 6.42 Å². The molecule has 0 unspecified atom stereocenters. The molecule has 5 nitrogen and oxygen atoms in total. The second-order valence-corrected chi connectivity index (χ2v) is 4.70. The van der Waals surface area contributed by atoms with E-state index >= 15 is 0 Å². The number of anilines is 2. The molecular formula is C14H14ClN3O2. The number of hydrogen-bond acceptors (Lipinski definition) is 5. The molecule has 3 rings (SSSR count). The molecule has 104 valence electrons. The smallest absolute Gasteiger partial charge is 0.199 e. The van der Waals surface area contributed by atoms with E-state index < -0.39 is 0 Å². The molecule has 6 heteroatoms. The van der Waals surface area contributed by atoms with Gasteiger partial charge in [0.2, 0.25) is 0 Å². The molecule has 1 aromatic heterocycles. The van der Waals surface area contributed by atoms with Gasteiger partial charge in [0.1, 0.15) is 12.1 Å². The second-order valence-electron chi connectivity index (χ2n) is 4.34. The number of methoxy groups -OCH3 is 1. The van der Waals surface area contributed by atoms with Gasteiger partial charge in [0.25, 0.3) is 0 Å². The molecule has 0 amide bonds. The van der Waals surface area contributed by atoms with Crippen LogP contribution in [0.3, 0.4) is 0 Å². The molecule has 2 aromatic rings. The van der Waals surface area contributed by atoms with Crippen LogP contribution in [0.25, 0.3) is 0 Å². The van der Waals surface area contributed by atoms with E-state index in [0.29, 0.717) is 23.3 Å². The third kappa shape index (κ3) is 2.25. The third-order valence-electron chi connectivity index (χ3n) is 3.14. The van der Waals surface area contributed by atoms with Crippen molar-refractivity contribution in [3.8, 4) is 11.5 Å². The third-order valence-corrected chi connectivity index (χ3v) is 3.41. The summed E-state index contributed by atoms with van der Waals surface area (Å²) in [6.45, 7) is 1.45. The van der Waals surface area contributed by atoms with E-state index in [0.717, 1.165) is 24.4 Å². The fraction of sp³-hybridized carbons (Fsp3) is 0.286. The summed E-state index contributed by atoms with van der Waals surface area (Å²) in [5, 5.41) is 0.306. The summed E-state index contributed by atoms with van der Waals surface area (Å²) >= 11 is 6.08. The average molecular weight is 292 g/mol. The standard InChI is InChI=1S/C14H14ClN3O2/c1-19-12-13(15)16-9-17-14(12)18-7-4-8-20-11-6-3-2-5-10(11)18/h2-3,5-6,9H,4,7-8H2,1H3. The van der Waals surface area contributed by atoms with Crippen LogP contribution in [0.15, 0.2) is 30.6 Å². The normalized spacial score (nSPS) is 14.2. The number of para-hydroxylation sites is 2. The van der Waals surface area contributed by atoms with Crippen LogP contribution in [0.4, 0.5) is 11.5 Å². The molecule has 0 saturated heterocycles. The molecule has 0 N–H and O–H groups in total. The lowest BCUT2D eigenvalue weighted by atomic mass is 10.2. The van der Waals surface area contributed by atoms with Crippen LogP contribution >= 0.6 is 11.6 Å². The first kappa shape index (κ1) is 13.0. The molecule has 0 saturated carbocycles. The predicted octanol–water partition coefficient (Wildman–Crippen LogP) is 3.06. The second kappa shape index (κ2) is 5.54. The lowest BCUT2D eigenvalue weighted by molar-refractivity contribution is 0.322. The van der Waals surface area contributed by atoms with E-state index in [-0.39, 0.29) is 0 Å². The van der Waals surface area contributed by atoms with Gasteiger partial charge in [-0.2, -0.15) is 0 Å². The van der Waals surface area contributed by atoms with Gasteiger partial charge < -0.3 is 14.4 Å². The first-order chi connectivity index (χ1) is 9.81. The molecule has 0 bridgehead atoms. The quantitative estimate of drug-likeness (QED) is 0.796. The van der Waals surface area contributed by atoms with Crippen molar-refractivity contribution in [2.45, 2.75) is 6.42 Å². The molecule has 0 spiro atoms. The zero-order valence-electron chi connectivity index (χ0n) is 11.0. The Morgan fingerprint density at radius 1 is 1.30 bits per heavy atom. The monoisotopic (exact) mass is 291 g/mol. The van der Waals surface area contributed by atoms with Crippen LogP contribution < -0.4 is 14.4 Å². The van der Waals surface area contributed by atoms with E-state index in [9.17, 15) is 0 Å². The van der Waals surface area contributed by atoms with Crippen LogP contribution in [0.2, 0.25) is 5.15 Å². The Bertz CT molecular complexity index is 621. The number of nitrogens with zero attached hydrogens (tertiary/aromatic N) is 3. The largest absolute Gasteiger partial charge is 0.491 e. The Kier molecular flexibility index (Phi) is 3.60. The highest BCUT2D eigenvalue weighted by molar-refractivity contribution is 6.31. The number of rotatable bonds is 2. The molecule has 1 aliphatic rings. The Balaban J connectivity index is 2.12. The highest BCUT2D eigenvalue weighted by atomic mass is 35.5. The maximum atomic E-state index is 6.08. The summed E-state index contributed by atoms with van der Waals surface area (Å²) in [7, 11) is 1.56. The van der Waals surface area contributed by atoms with Crippen molar-refractivity contribution in [3.05, 3.63) is 35.7 Å². The van der Waals surface area contributed by atoms with Crippen molar-refractivity contribution in [2.75, 3.05) is 25.2 Å². The summed E-state index contributed by atoms with van der Waals surface area (Å²) in [6.07, 6.45) is 2.33. The fourth-order valence-corrected chi connectivity index (χ4v) is 2.46. The number of aromatic nitrogens is 2. The van der Waals surface area contributed by atoms with Gasteiger partial charge in [0.05, 0.1) is 19.4 Å². The van der Waals surface area contributed by atoms with Crippen molar-refractivity contribution in [1.82, 2.24) is 9.97 Å². The first-order valence-corrected chi connectivity index (χ1v) is 6.73. The van der Waals surface area contributed by atoms with E-state index in [4.69, 9.17) is 21.1 Å².